The van der Waals surface area contributed by atoms with Gasteiger partial charge >= 0.3 is 0 Å². The number of para-hydroxylation sites is 2. The van der Waals surface area contributed by atoms with Crippen molar-refractivity contribution in [2.45, 2.75) is 69.0 Å². The van der Waals surface area contributed by atoms with Gasteiger partial charge in [-0.1, -0.05) is 95.3 Å². The van der Waals surface area contributed by atoms with Crippen LogP contribution in [-0.2, 0) is 24.6 Å². The molecular formula is C37H36N4O2S2. The van der Waals surface area contributed by atoms with Crippen LogP contribution in [0.4, 0.5) is 0 Å². The van der Waals surface area contributed by atoms with E-state index in [4.69, 9.17) is 9.97 Å². The second-order valence-corrected chi connectivity index (χ2v) is 13.4. The van der Waals surface area contributed by atoms with Crippen molar-refractivity contribution >= 4 is 45.3 Å². The summed E-state index contributed by atoms with van der Waals surface area (Å²) in [6, 6.07) is 27.9. The highest BCUT2D eigenvalue weighted by atomic mass is 32.2. The summed E-state index contributed by atoms with van der Waals surface area (Å²) in [4.78, 5) is 37.4. The van der Waals surface area contributed by atoms with Crippen LogP contribution in [0.3, 0.4) is 0 Å². The Hall–Kier alpha value is -4.14. The predicted octanol–water partition coefficient (Wildman–Crippen LogP) is 8.01. The van der Waals surface area contributed by atoms with Crippen molar-refractivity contribution in [2.24, 2.45) is 0 Å². The van der Waals surface area contributed by atoms with Crippen molar-refractivity contribution in [3.63, 3.8) is 0 Å². The summed E-state index contributed by atoms with van der Waals surface area (Å²) in [6.45, 7) is 9.30. The van der Waals surface area contributed by atoms with Crippen LogP contribution in [0.15, 0.2) is 105 Å². The highest BCUT2D eigenvalue weighted by Crippen LogP contribution is 2.26. The number of benzene rings is 4. The number of rotatable bonds is 10. The maximum Gasteiger partial charge on any atom is 0.262 e. The van der Waals surface area contributed by atoms with Gasteiger partial charge in [0, 0.05) is 24.6 Å². The second-order valence-electron chi connectivity index (χ2n) is 11.5. The molecule has 0 amide bonds. The molecule has 6 rings (SSSR count). The van der Waals surface area contributed by atoms with E-state index in [9.17, 15) is 9.59 Å². The summed E-state index contributed by atoms with van der Waals surface area (Å²) in [7, 11) is 0. The molecular weight excluding hydrogens is 597 g/mol. The molecule has 0 bridgehead atoms. The van der Waals surface area contributed by atoms with Crippen molar-refractivity contribution in [3.05, 3.63) is 139 Å². The molecule has 0 aliphatic heterocycles. The lowest BCUT2D eigenvalue weighted by Crippen LogP contribution is -2.27. The van der Waals surface area contributed by atoms with E-state index in [0.717, 1.165) is 0 Å². The molecule has 2 heterocycles. The van der Waals surface area contributed by atoms with Crippen molar-refractivity contribution in [1.29, 1.82) is 0 Å². The molecule has 0 aliphatic rings. The van der Waals surface area contributed by atoms with Gasteiger partial charge in [-0.05, 0) is 80.6 Å². The molecule has 0 aliphatic carbocycles. The van der Waals surface area contributed by atoms with Gasteiger partial charge in [0.15, 0.2) is 10.3 Å². The molecule has 0 N–H and O–H groups in total. The molecule has 4 aromatic carbocycles. The normalized spacial score (nSPS) is 11.5. The topological polar surface area (TPSA) is 69.8 Å². The van der Waals surface area contributed by atoms with Crippen LogP contribution in [0.2, 0.25) is 0 Å². The molecule has 0 radical (unpaired) electrons. The number of hydrogen-bond acceptors (Lipinski definition) is 6. The number of thioether (sulfide) groups is 2. The zero-order valence-corrected chi connectivity index (χ0v) is 27.7. The zero-order valence-electron chi connectivity index (χ0n) is 26.0. The lowest BCUT2D eigenvalue weighted by atomic mass is 10.1. The molecule has 0 fully saturated rings. The quantitative estimate of drug-likeness (QED) is 0.113. The number of aryl methyl sites for hydroxylation is 4. The Morgan fingerprint density at radius 2 is 1.00 bits per heavy atom. The van der Waals surface area contributed by atoms with Gasteiger partial charge in [0.05, 0.1) is 21.8 Å². The van der Waals surface area contributed by atoms with E-state index in [-0.39, 0.29) is 11.1 Å². The number of fused-ring (bicyclic) bond motifs is 2. The van der Waals surface area contributed by atoms with Gasteiger partial charge in [-0.25, -0.2) is 9.97 Å². The minimum absolute atomic E-state index is 0.0582. The summed E-state index contributed by atoms with van der Waals surface area (Å²) < 4.78 is 3.55. The third-order valence-corrected chi connectivity index (χ3v) is 10.2. The molecule has 0 spiro atoms. The fraction of sp³-hybridized carbons (Fsp3) is 0.243. The van der Waals surface area contributed by atoms with Crippen LogP contribution in [0.1, 0.15) is 39.8 Å². The highest BCUT2D eigenvalue weighted by molar-refractivity contribution is 7.98. The number of aromatic nitrogens is 4. The summed E-state index contributed by atoms with van der Waals surface area (Å²) in [5.41, 5.74) is 8.63. The van der Waals surface area contributed by atoms with Gasteiger partial charge in [0.25, 0.3) is 11.1 Å². The fourth-order valence-electron chi connectivity index (χ4n) is 5.60. The van der Waals surface area contributed by atoms with E-state index in [0.29, 0.717) is 63.1 Å². The van der Waals surface area contributed by atoms with Gasteiger partial charge in [-0.15, -0.1) is 0 Å². The molecule has 0 saturated carbocycles. The van der Waals surface area contributed by atoms with Crippen molar-refractivity contribution in [3.8, 4) is 0 Å². The Morgan fingerprint density at radius 3 is 1.42 bits per heavy atom. The summed E-state index contributed by atoms with van der Waals surface area (Å²) >= 11 is 3.16. The first-order valence-corrected chi connectivity index (χ1v) is 17.1. The molecule has 0 atom stereocenters. The lowest BCUT2D eigenvalue weighted by molar-refractivity contribution is 0.489. The van der Waals surface area contributed by atoms with Crippen LogP contribution in [0.5, 0.6) is 0 Å². The Balaban J connectivity index is 1.29. The Bertz CT molecular complexity index is 2000. The van der Waals surface area contributed by atoms with Crippen LogP contribution < -0.4 is 11.1 Å². The minimum Gasteiger partial charge on any atom is -0.287 e. The van der Waals surface area contributed by atoms with Crippen LogP contribution in [0.25, 0.3) is 21.8 Å². The van der Waals surface area contributed by atoms with Gasteiger partial charge in [-0.2, -0.15) is 0 Å². The van der Waals surface area contributed by atoms with Gasteiger partial charge in [-0.3, -0.25) is 18.7 Å². The first-order valence-electron chi connectivity index (χ1n) is 15.2. The Morgan fingerprint density at radius 1 is 0.578 bits per heavy atom. The highest BCUT2D eigenvalue weighted by Gasteiger charge is 2.15. The molecule has 6 nitrogen and oxygen atoms in total. The van der Waals surface area contributed by atoms with Crippen molar-refractivity contribution in [2.75, 3.05) is 0 Å². The number of nitrogens with zero attached hydrogens (tertiary/aromatic N) is 4. The average molecular weight is 633 g/mol. The number of hydrogen-bond donors (Lipinski definition) is 0. The molecule has 228 valence electrons. The Kier molecular flexibility index (Phi) is 9.24. The monoisotopic (exact) mass is 632 g/mol. The van der Waals surface area contributed by atoms with E-state index in [1.54, 1.807) is 32.7 Å². The molecule has 8 heteroatoms. The smallest absolute Gasteiger partial charge is 0.262 e. The Labute approximate surface area is 271 Å². The van der Waals surface area contributed by atoms with Gasteiger partial charge in [0.2, 0.25) is 0 Å². The standard InChI is InChI=1S/C37H36N4O2S2/c1-24-14-16-28(26(3)20-24)22-44-36-38-32-12-7-5-10-30(32)34(42)40(36)18-9-19-41-35(43)31-11-6-8-13-33(31)39-37(41)45-23-29-17-15-25(2)21-27(29)4/h5-8,10-17,20-21H,9,18-19,22-23H2,1-4H3. The zero-order chi connectivity index (χ0) is 31.5. The molecule has 0 unspecified atom stereocenters. The maximum atomic E-state index is 13.8. The maximum absolute atomic E-state index is 13.8. The van der Waals surface area contributed by atoms with Crippen LogP contribution in [0, 0.1) is 27.7 Å². The first-order chi connectivity index (χ1) is 21.8. The fourth-order valence-corrected chi connectivity index (χ4v) is 7.80. The third kappa shape index (κ3) is 6.77. The SMILES string of the molecule is Cc1ccc(CSc2nc3ccccc3c(=O)n2CCCn2c(SCc3ccc(C)cc3C)nc3ccccc3c2=O)c(C)c1. The summed E-state index contributed by atoms with van der Waals surface area (Å²) in [5.74, 6) is 1.42. The second kappa shape index (κ2) is 13.5. The van der Waals surface area contributed by atoms with Gasteiger partial charge in [0.1, 0.15) is 0 Å². The average Bonchev–Trinajstić information content (AvgIpc) is 3.02. The summed E-state index contributed by atoms with van der Waals surface area (Å²) in [6.07, 6.45) is 0.577. The largest absolute Gasteiger partial charge is 0.287 e. The molecule has 6 aromatic rings. The molecule has 0 saturated heterocycles. The van der Waals surface area contributed by atoms with Crippen molar-refractivity contribution in [1.82, 2.24) is 19.1 Å². The van der Waals surface area contributed by atoms with Crippen molar-refractivity contribution < 1.29 is 0 Å². The predicted molar refractivity (Wildman–Crippen MR) is 188 cm³/mol. The van der Waals surface area contributed by atoms with E-state index < -0.39 is 0 Å². The van der Waals surface area contributed by atoms with E-state index in [1.165, 1.54) is 33.4 Å². The van der Waals surface area contributed by atoms with E-state index in [2.05, 4.69) is 64.1 Å². The van der Waals surface area contributed by atoms with E-state index >= 15 is 0 Å². The molecule has 2 aromatic heterocycles. The summed E-state index contributed by atoms with van der Waals surface area (Å²) in [5, 5.41) is 2.57. The minimum atomic E-state index is -0.0582. The van der Waals surface area contributed by atoms with Crippen LogP contribution >= 0.6 is 23.5 Å². The lowest BCUT2D eigenvalue weighted by Gasteiger charge is -2.16. The molecule has 45 heavy (non-hydrogen) atoms. The van der Waals surface area contributed by atoms with E-state index in [1.807, 2.05) is 48.5 Å². The van der Waals surface area contributed by atoms with Gasteiger partial charge < -0.3 is 0 Å². The third-order valence-electron chi connectivity index (χ3n) is 8.13. The first kappa shape index (κ1) is 30.9. The van der Waals surface area contributed by atoms with Crippen LogP contribution in [-0.4, -0.2) is 19.1 Å².